The summed E-state index contributed by atoms with van der Waals surface area (Å²) >= 11 is 12.4. The van der Waals surface area contributed by atoms with Gasteiger partial charge in [0.25, 0.3) is 5.69 Å². The molecule has 0 unspecified atom stereocenters. The highest BCUT2D eigenvalue weighted by atomic mass is 35.5. The second-order valence-electron chi connectivity index (χ2n) is 7.61. The minimum absolute atomic E-state index is 0.00105. The number of esters is 1. The van der Waals surface area contributed by atoms with E-state index in [1.54, 1.807) is 12.1 Å². The molecule has 184 valence electrons. The van der Waals surface area contributed by atoms with Gasteiger partial charge in [-0.2, -0.15) is 0 Å². The van der Waals surface area contributed by atoms with E-state index >= 15 is 0 Å². The van der Waals surface area contributed by atoms with Crippen molar-refractivity contribution in [3.63, 3.8) is 0 Å². The molecule has 0 saturated heterocycles. The average molecular weight is 527 g/mol. The fraction of sp³-hybridized carbons (Fsp3) is 0.154. The van der Waals surface area contributed by atoms with Crippen LogP contribution in [0.3, 0.4) is 0 Å². The normalized spacial score (nSPS) is 13.9. The Kier molecular flexibility index (Phi) is 7.87. The number of aliphatic imine (C=N–C) groups is 1. The van der Waals surface area contributed by atoms with Crippen LogP contribution in [0.4, 0.5) is 5.69 Å². The van der Waals surface area contributed by atoms with E-state index in [4.69, 9.17) is 37.4 Å². The lowest BCUT2D eigenvalue weighted by Gasteiger charge is -2.14. The van der Waals surface area contributed by atoms with Crippen molar-refractivity contribution in [2.24, 2.45) is 4.99 Å². The van der Waals surface area contributed by atoms with Crippen LogP contribution in [0, 0.1) is 10.1 Å². The molecule has 0 spiro atoms. The van der Waals surface area contributed by atoms with Gasteiger partial charge in [-0.15, -0.1) is 0 Å². The van der Waals surface area contributed by atoms with E-state index in [9.17, 15) is 14.9 Å². The second kappa shape index (κ2) is 11.2. The Morgan fingerprint density at radius 2 is 1.83 bits per heavy atom. The van der Waals surface area contributed by atoms with Crippen molar-refractivity contribution in [3.05, 3.63) is 103 Å². The minimum Gasteiger partial charge on any atom is -0.490 e. The molecule has 0 fully saturated rings. The molecule has 36 heavy (non-hydrogen) atoms. The van der Waals surface area contributed by atoms with E-state index in [0.717, 1.165) is 5.56 Å². The van der Waals surface area contributed by atoms with Gasteiger partial charge in [0.1, 0.15) is 5.02 Å². The van der Waals surface area contributed by atoms with Crippen LogP contribution in [-0.4, -0.2) is 30.0 Å². The molecule has 1 aliphatic rings. The molecule has 0 aliphatic carbocycles. The van der Waals surface area contributed by atoms with Crippen LogP contribution in [0.25, 0.3) is 6.08 Å². The van der Waals surface area contributed by atoms with Gasteiger partial charge in [0.05, 0.1) is 23.2 Å². The molecule has 1 aliphatic heterocycles. The lowest BCUT2D eigenvalue weighted by Crippen LogP contribution is -2.06. The van der Waals surface area contributed by atoms with Crippen molar-refractivity contribution >= 4 is 46.8 Å². The first-order valence-corrected chi connectivity index (χ1v) is 11.7. The van der Waals surface area contributed by atoms with Crippen LogP contribution in [0.15, 0.2) is 71.4 Å². The van der Waals surface area contributed by atoms with Crippen molar-refractivity contribution in [1.82, 2.24) is 0 Å². The third kappa shape index (κ3) is 5.84. The third-order valence-corrected chi connectivity index (χ3v) is 5.73. The second-order valence-corrected chi connectivity index (χ2v) is 8.42. The number of hydrogen-bond donors (Lipinski definition) is 0. The van der Waals surface area contributed by atoms with Crippen molar-refractivity contribution in [2.45, 2.75) is 13.3 Å². The lowest BCUT2D eigenvalue weighted by molar-refractivity contribution is -0.384. The van der Waals surface area contributed by atoms with Crippen molar-refractivity contribution in [2.75, 3.05) is 13.2 Å². The van der Waals surface area contributed by atoms with E-state index in [0.29, 0.717) is 41.7 Å². The van der Waals surface area contributed by atoms with Gasteiger partial charge in [-0.25, -0.2) is 9.79 Å². The minimum atomic E-state index is -0.708. The molecule has 0 aromatic heterocycles. The summed E-state index contributed by atoms with van der Waals surface area (Å²) < 4.78 is 16.9. The molecule has 0 atom stereocenters. The van der Waals surface area contributed by atoms with E-state index in [1.807, 2.05) is 37.3 Å². The van der Waals surface area contributed by atoms with Gasteiger partial charge in [-0.1, -0.05) is 53.5 Å². The van der Waals surface area contributed by atoms with Gasteiger partial charge < -0.3 is 14.2 Å². The van der Waals surface area contributed by atoms with E-state index in [1.165, 1.54) is 24.3 Å². The van der Waals surface area contributed by atoms with Gasteiger partial charge in [0, 0.05) is 18.1 Å². The first-order chi connectivity index (χ1) is 17.4. The fourth-order valence-corrected chi connectivity index (χ4v) is 3.93. The maximum absolute atomic E-state index is 12.4. The van der Waals surface area contributed by atoms with E-state index in [2.05, 4.69) is 4.99 Å². The smallest absolute Gasteiger partial charge is 0.363 e. The molecule has 8 nitrogen and oxygen atoms in total. The highest BCUT2D eigenvalue weighted by Gasteiger charge is 2.26. The Bertz CT molecular complexity index is 1370. The number of rotatable bonds is 9. The molecule has 0 bridgehead atoms. The van der Waals surface area contributed by atoms with Crippen LogP contribution in [-0.2, 0) is 16.0 Å². The van der Waals surface area contributed by atoms with Gasteiger partial charge in [-0.3, -0.25) is 10.1 Å². The Balaban J connectivity index is 1.58. The molecule has 0 saturated carbocycles. The van der Waals surface area contributed by atoms with Gasteiger partial charge >= 0.3 is 5.97 Å². The number of ether oxygens (including phenoxy) is 3. The molecule has 0 radical (unpaired) electrons. The van der Waals surface area contributed by atoms with Gasteiger partial charge in [0.15, 0.2) is 17.2 Å². The summed E-state index contributed by atoms with van der Waals surface area (Å²) in [5.74, 6) is 0.0555. The first kappa shape index (κ1) is 25.2. The number of nitro benzene ring substituents is 1. The number of cyclic esters (lactones) is 1. The maximum atomic E-state index is 12.4. The molecule has 3 aromatic carbocycles. The van der Waals surface area contributed by atoms with Crippen molar-refractivity contribution in [1.29, 1.82) is 0 Å². The standard InChI is InChI=1S/C26H20Cl2N2O6/c1-2-34-23-14-17(12-20(28)24(23)35-11-10-16-6-4-3-5-7-16)13-21-26(31)36-25(29-21)18-8-9-19(27)22(15-18)30(32)33/h3-9,12-15H,2,10-11H2,1H3/b21-13-. The highest BCUT2D eigenvalue weighted by Crippen LogP contribution is 2.38. The molecule has 0 amide bonds. The van der Waals surface area contributed by atoms with Crippen LogP contribution in [0.1, 0.15) is 23.6 Å². The number of hydrogen-bond acceptors (Lipinski definition) is 7. The highest BCUT2D eigenvalue weighted by molar-refractivity contribution is 6.33. The van der Waals surface area contributed by atoms with Crippen LogP contribution >= 0.6 is 23.2 Å². The predicted octanol–water partition coefficient (Wildman–Crippen LogP) is 6.27. The number of halogens is 2. The van der Waals surface area contributed by atoms with Crippen LogP contribution in [0.5, 0.6) is 11.5 Å². The summed E-state index contributed by atoms with van der Waals surface area (Å²) in [6.45, 7) is 2.62. The van der Waals surface area contributed by atoms with Gasteiger partial charge in [0.2, 0.25) is 5.90 Å². The SMILES string of the molecule is CCOc1cc(/C=C2\N=C(c3ccc(Cl)c([N+](=O)[O-])c3)OC2=O)cc(Cl)c1OCCc1ccccc1. The monoisotopic (exact) mass is 526 g/mol. The zero-order valence-electron chi connectivity index (χ0n) is 19.1. The Hall–Kier alpha value is -3.88. The Labute approximate surface area is 216 Å². The summed E-state index contributed by atoms with van der Waals surface area (Å²) in [4.78, 5) is 27.2. The molecule has 1 heterocycles. The van der Waals surface area contributed by atoms with E-state index in [-0.39, 0.29) is 27.9 Å². The quantitative estimate of drug-likeness (QED) is 0.141. The zero-order valence-corrected chi connectivity index (χ0v) is 20.6. The Morgan fingerprint density at radius 3 is 2.56 bits per heavy atom. The molecule has 3 aromatic rings. The number of carbonyl (C=O) groups is 1. The van der Waals surface area contributed by atoms with Crippen molar-refractivity contribution in [3.8, 4) is 11.5 Å². The number of nitro groups is 1. The molecule has 0 N–H and O–H groups in total. The molecule has 10 heteroatoms. The molecular weight excluding hydrogens is 507 g/mol. The number of carbonyl (C=O) groups excluding carboxylic acids is 1. The number of benzene rings is 3. The molecule has 4 rings (SSSR count). The molecular formula is C26H20Cl2N2O6. The van der Waals surface area contributed by atoms with Gasteiger partial charge in [-0.05, 0) is 48.4 Å². The van der Waals surface area contributed by atoms with E-state index < -0.39 is 10.9 Å². The zero-order chi connectivity index (χ0) is 25.7. The summed E-state index contributed by atoms with van der Waals surface area (Å²) in [5, 5.41) is 11.4. The predicted molar refractivity (Wildman–Crippen MR) is 137 cm³/mol. The average Bonchev–Trinajstić information content (AvgIpc) is 3.21. The summed E-state index contributed by atoms with van der Waals surface area (Å²) in [6, 6.07) is 17.3. The van der Waals surface area contributed by atoms with Crippen LogP contribution < -0.4 is 9.47 Å². The summed E-state index contributed by atoms with van der Waals surface area (Å²) in [6.07, 6.45) is 2.18. The Morgan fingerprint density at radius 1 is 1.06 bits per heavy atom. The lowest BCUT2D eigenvalue weighted by atomic mass is 10.1. The first-order valence-electron chi connectivity index (χ1n) is 11.0. The summed E-state index contributed by atoms with van der Waals surface area (Å²) in [5.41, 5.74) is 1.60. The topological polar surface area (TPSA) is 100 Å². The van der Waals surface area contributed by atoms with Crippen LogP contribution in [0.2, 0.25) is 10.0 Å². The number of nitrogens with zero attached hydrogens (tertiary/aromatic N) is 2. The fourth-order valence-electron chi connectivity index (χ4n) is 3.47. The largest absolute Gasteiger partial charge is 0.490 e. The third-order valence-electron chi connectivity index (χ3n) is 5.13. The maximum Gasteiger partial charge on any atom is 0.363 e. The van der Waals surface area contributed by atoms with Crippen molar-refractivity contribution < 1.29 is 23.9 Å². The summed E-state index contributed by atoms with van der Waals surface area (Å²) in [7, 11) is 0.